The Bertz CT molecular complexity index is 1370. The zero-order valence-corrected chi connectivity index (χ0v) is 25.4. The molecule has 1 saturated heterocycles. The molecule has 0 bridgehead atoms. The number of halogens is 2. The molecule has 206 valence electrons. The van der Waals surface area contributed by atoms with E-state index in [1.807, 2.05) is 5.38 Å². The van der Waals surface area contributed by atoms with Gasteiger partial charge in [0.1, 0.15) is 5.82 Å². The van der Waals surface area contributed by atoms with Gasteiger partial charge in [-0.15, -0.1) is 11.3 Å². The average molecular weight is 578 g/mol. The molecule has 4 rings (SSSR count). The number of rotatable bonds is 8. The molecule has 1 aromatic heterocycles. The van der Waals surface area contributed by atoms with E-state index in [-0.39, 0.29) is 16.9 Å². The van der Waals surface area contributed by atoms with Crippen LogP contribution in [0.1, 0.15) is 87.2 Å². The summed E-state index contributed by atoms with van der Waals surface area (Å²) in [6.07, 6.45) is 0.563. The van der Waals surface area contributed by atoms with Crippen LogP contribution >= 0.6 is 22.9 Å². The number of thiazole rings is 1. The summed E-state index contributed by atoms with van der Waals surface area (Å²) >= 11 is 7.47. The van der Waals surface area contributed by atoms with Crippen molar-refractivity contribution in [1.29, 1.82) is 0 Å². The van der Waals surface area contributed by atoms with Crippen LogP contribution in [0.15, 0.2) is 40.6 Å². The molecule has 0 radical (unpaired) electrons. The molecule has 1 aliphatic heterocycles. The molecule has 2 aromatic carbocycles. The second-order valence-corrected chi connectivity index (χ2v) is 14.0. The molecule has 0 atom stereocenters. The fraction of sp³-hybridized carbons (Fsp3) is 0.483. The van der Waals surface area contributed by atoms with E-state index in [9.17, 15) is 12.8 Å². The smallest absolute Gasteiger partial charge is 0.243 e. The zero-order chi connectivity index (χ0) is 27.8. The van der Waals surface area contributed by atoms with Gasteiger partial charge in [-0.25, -0.2) is 17.8 Å². The fourth-order valence-corrected chi connectivity index (χ4v) is 7.99. The molecule has 0 spiro atoms. The van der Waals surface area contributed by atoms with E-state index in [0.717, 1.165) is 27.5 Å². The van der Waals surface area contributed by atoms with Crippen molar-refractivity contribution in [1.82, 2.24) is 9.29 Å². The summed E-state index contributed by atoms with van der Waals surface area (Å²) in [6.45, 7) is 14.5. The minimum Gasteiger partial charge on any atom is -0.345 e. The van der Waals surface area contributed by atoms with E-state index < -0.39 is 15.8 Å². The second kappa shape index (κ2) is 11.6. The van der Waals surface area contributed by atoms with Gasteiger partial charge in [-0.05, 0) is 52.1 Å². The van der Waals surface area contributed by atoms with Gasteiger partial charge in [-0.2, -0.15) is 4.31 Å². The van der Waals surface area contributed by atoms with Gasteiger partial charge in [-0.3, -0.25) is 0 Å². The Balaban J connectivity index is 1.53. The van der Waals surface area contributed by atoms with Crippen molar-refractivity contribution in [3.05, 3.63) is 74.5 Å². The normalized spacial score (nSPS) is 15.3. The van der Waals surface area contributed by atoms with Crippen LogP contribution in [0.2, 0.25) is 5.02 Å². The highest BCUT2D eigenvalue weighted by Gasteiger charge is 2.34. The van der Waals surface area contributed by atoms with Gasteiger partial charge in [0, 0.05) is 38.0 Å². The lowest BCUT2D eigenvalue weighted by Gasteiger charge is -2.35. The Kier molecular flexibility index (Phi) is 8.87. The summed E-state index contributed by atoms with van der Waals surface area (Å²) in [4.78, 5) is 7.41. The van der Waals surface area contributed by atoms with Gasteiger partial charge in [0.2, 0.25) is 10.0 Å². The number of aromatic nitrogens is 1. The van der Waals surface area contributed by atoms with Gasteiger partial charge in [0.05, 0.1) is 15.6 Å². The quantitative estimate of drug-likeness (QED) is 0.280. The predicted molar refractivity (Wildman–Crippen MR) is 156 cm³/mol. The molecular weight excluding hydrogens is 541 g/mol. The van der Waals surface area contributed by atoms with Gasteiger partial charge in [0.15, 0.2) is 5.13 Å². The lowest BCUT2D eigenvalue weighted by atomic mass is 9.89. The fourth-order valence-electron chi connectivity index (χ4n) is 4.82. The number of sulfonamides is 1. The lowest BCUT2D eigenvalue weighted by Crippen LogP contribution is -2.49. The highest BCUT2D eigenvalue weighted by atomic mass is 35.5. The average Bonchev–Trinajstić information content (AvgIpc) is 3.33. The van der Waals surface area contributed by atoms with Crippen molar-refractivity contribution in [2.24, 2.45) is 0 Å². The third-order valence-corrected chi connectivity index (χ3v) is 10.4. The second-order valence-electron chi connectivity index (χ2n) is 10.9. The maximum Gasteiger partial charge on any atom is 0.243 e. The van der Waals surface area contributed by atoms with Crippen molar-refractivity contribution in [2.45, 2.75) is 70.6 Å². The summed E-state index contributed by atoms with van der Waals surface area (Å²) in [6, 6.07) is 8.90. The van der Waals surface area contributed by atoms with Crippen molar-refractivity contribution >= 4 is 38.1 Å². The van der Waals surface area contributed by atoms with Crippen LogP contribution in [0.25, 0.3) is 0 Å². The molecule has 0 saturated carbocycles. The maximum atomic E-state index is 14.1. The standard InChI is InChI=1S/C29H37ClFN3O2S2/c1-18(2)22-15-24(19(3)4)28(25(16-22)20(5)6)38(35,36)34-11-9-33(10-12-34)29-32-23(17-37-29)13-21-7-8-27(31)26(30)14-21/h7-8,14-20H,9-13H2,1-6H3. The van der Waals surface area contributed by atoms with E-state index in [1.165, 1.54) is 11.6 Å². The van der Waals surface area contributed by atoms with Crippen LogP contribution in [0, 0.1) is 5.82 Å². The van der Waals surface area contributed by atoms with E-state index in [0.29, 0.717) is 43.4 Å². The number of anilines is 1. The first-order valence-corrected chi connectivity index (χ1v) is 15.9. The molecule has 1 fully saturated rings. The summed E-state index contributed by atoms with van der Waals surface area (Å²) in [5, 5.41) is 2.98. The molecule has 38 heavy (non-hydrogen) atoms. The van der Waals surface area contributed by atoms with Crippen molar-refractivity contribution in [3.63, 3.8) is 0 Å². The molecule has 9 heteroatoms. The minimum absolute atomic E-state index is 0.0991. The number of benzene rings is 2. The SMILES string of the molecule is CC(C)c1cc(C(C)C)c(S(=O)(=O)N2CCN(c3nc(Cc4ccc(F)c(Cl)c4)cs3)CC2)c(C(C)C)c1. The van der Waals surface area contributed by atoms with Crippen LogP contribution in [0.5, 0.6) is 0 Å². The van der Waals surface area contributed by atoms with E-state index in [2.05, 4.69) is 58.6 Å². The van der Waals surface area contributed by atoms with Crippen molar-refractivity contribution in [3.8, 4) is 0 Å². The monoisotopic (exact) mass is 577 g/mol. The largest absolute Gasteiger partial charge is 0.345 e. The first-order chi connectivity index (χ1) is 17.9. The molecule has 0 N–H and O–H groups in total. The Labute approximate surface area is 235 Å². The van der Waals surface area contributed by atoms with Gasteiger partial charge < -0.3 is 4.90 Å². The minimum atomic E-state index is -3.66. The van der Waals surface area contributed by atoms with E-state index in [4.69, 9.17) is 16.6 Å². The van der Waals surface area contributed by atoms with Crippen LogP contribution in [0.3, 0.4) is 0 Å². The predicted octanol–water partition coefficient (Wildman–Crippen LogP) is 7.41. The maximum absolute atomic E-state index is 14.1. The first-order valence-electron chi connectivity index (χ1n) is 13.2. The number of hydrogen-bond acceptors (Lipinski definition) is 5. The van der Waals surface area contributed by atoms with Gasteiger partial charge >= 0.3 is 0 Å². The summed E-state index contributed by atoms with van der Waals surface area (Å²) < 4.78 is 43.3. The third kappa shape index (κ3) is 6.09. The number of nitrogens with zero attached hydrogens (tertiary/aromatic N) is 3. The topological polar surface area (TPSA) is 53.5 Å². The van der Waals surface area contributed by atoms with Gasteiger partial charge in [-0.1, -0.05) is 71.3 Å². The summed E-state index contributed by atoms with van der Waals surface area (Å²) in [7, 11) is -3.66. The number of piperazine rings is 1. The van der Waals surface area contributed by atoms with Crippen LogP contribution < -0.4 is 4.90 Å². The van der Waals surface area contributed by atoms with Crippen molar-refractivity contribution in [2.75, 3.05) is 31.1 Å². The molecule has 0 amide bonds. The first kappa shape index (κ1) is 29.0. The summed E-state index contributed by atoms with van der Waals surface area (Å²) in [5.41, 5.74) is 4.79. The molecule has 5 nitrogen and oxygen atoms in total. The third-order valence-electron chi connectivity index (χ3n) is 7.10. The Morgan fingerprint density at radius 3 is 2.08 bits per heavy atom. The lowest BCUT2D eigenvalue weighted by molar-refractivity contribution is 0.383. The number of hydrogen-bond donors (Lipinski definition) is 0. The molecule has 1 aliphatic rings. The van der Waals surface area contributed by atoms with Gasteiger partial charge in [0.25, 0.3) is 0 Å². The Morgan fingerprint density at radius 2 is 1.55 bits per heavy atom. The zero-order valence-electron chi connectivity index (χ0n) is 23.0. The van der Waals surface area contributed by atoms with Crippen LogP contribution in [-0.4, -0.2) is 43.9 Å². The summed E-state index contributed by atoms with van der Waals surface area (Å²) in [5.74, 6) is 0.0941. The van der Waals surface area contributed by atoms with E-state index >= 15 is 0 Å². The molecule has 3 aromatic rings. The van der Waals surface area contributed by atoms with Crippen molar-refractivity contribution < 1.29 is 12.8 Å². The van der Waals surface area contributed by atoms with E-state index in [1.54, 1.807) is 27.8 Å². The Hall–Kier alpha value is -2.00. The molecular formula is C29H37ClFN3O2S2. The molecule has 0 aliphatic carbocycles. The molecule has 2 heterocycles. The highest BCUT2D eigenvalue weighted by molar-refractivity contribution is 7.89. The van der Waals surface area contributed by atoms with Crippen LogP contribution in [0.4, 0.5) is 9.52 Å². The Morgan fingerprint density at radius 1 is 0.947 bits per heavy atom. The highest BCUT2D eigenvalue weighted by Crippen LogP contribution is 2.37. The van der Waals surface area contributed by atoms with Crippen LogP contribution in [-0.2, 0) is 16.4 Å². The molecule has 0 unspecified atom stereocenters.